The molecule has 0 radical (unpaired) electrons. The minimum Gasteiger partial charge on any atom is -0.406 e. The molecule has 0 aliphatic heterocycles. The summed E-state index contributed by atoms with van der Waals surface area (Å²) in [6.45, 7) is 0. The number of hydrogen-bond donors (Lipinski definition) is 0. The smallest absolute Gasteiger partial charge is 0.406 e. The highest BCUT2D eigenvalue weighted by Crippen LogP contribution is 2.24. The lowest BCUT2D eigenvalue weighted by atomic mass is 10.2. The van der Waals surface area contributed by atoms with Gasteiger partial charge in [0.25, 0.3) is 5.56 Å². The number of fused-ring (bicyclic) bond motifs is 1. The van der Waals surface area contributed by atoms with Crippen molar-refractivity contribution in [3.05, 3.63) is 64.3 Å². The molecule has 1 aromatic carbocycles. The summed E-state index contributed by atoms with van der Waals surface area (Å²) < 4.78 is 41.5. The fourth-order valence-electron chi connectivity index (χ4n) is 2.16. The van der Waals surface area contributed by atoms with Gasteiger partial charge in [-0.1, -0.05) is 11.6 Å². The molecule has 2 aromatic heterocycles. The van der Waals surface area contributed by atoms with Crippen LogP contribution in [0.2, 0.25) is 5.15 Å². The summed E-state index contributed by atoms with van der Waals surface area (Å²) in [6.07, 6.45) is -1.77. The molecule has 0 bridgehead atoms. The number of pyridine rings is 2. The van der Waals surface area contributed by atoms with Gasteiger partial charge in [-0.05, 0) is 41.8 Å². The minimum atomic E-state index is -4.76. The normalized spacial score (nSPS) is 11.7. The van der Waals surface area contributed by atoms with Gasteiger partial charge >= 0.3 is 6.36 Å². The van der Waals surface area contributed by atoms with Crippen LogP contribution < -0.4 is 10.3 Å². The van der Waals surface area contributed by atoms with E-state index in [2.05, 4.69) is 9.72 Å². The van der Waals surface area contributed by atoms with Crippen LogP contribution in [0.25, 0.3) is 16.5 Å². The van der Waals surface area contributed by atoms with Crippen molar-refractivity contribution in [2.45, 2.75) is 6.36 Å². The van der Waals surface area contributed by atoms with Gasteiger partial charge in [0.05, 0.1) is 5.39 Å². The third-order valence-corrected chi connectivity index (χ3v) is 3.41. The van der Waals surface area contributed by atoms with Crippen LogP contribution in [-0.2, 0) is 0 Å². The van der Waals surface area contributed by atoms with E-state index in [0.29, 0.717) is 11.1 Å². The van der Waals surface area contributed by atoms with E-state index in [4.69, 9.17) is 11.6 Å². The van der Waals surface area contributed by atoms with Crippen molar-refractivity contribution in [3.63, 3.8) is 0 Å². The molecule has 0 spiro atoms. The van der Waals surface area contributed by atoms with E-state index in [-0.39, 0.29) is 16.3 Å². The molecule has 0 saturated heterocycles. The van der Waals surface area contributed by atoms with Crippen LogP contribution in [0, 0.1) is 0 Å². The Hall–Kier alpha value is -2.54. The molecule has 0 aliphatic carbocycles. The lowest BCUT2D eigenvalue weighted by Gasteiger charge is -2.11. The molecule has 3 rings (SSSR count). The highest BCUT2D eigenvalue weighted by atomic mass is 35.5. The van der Waals surface area contributed by atoms with Crippen molar-refractivity contribution in [2.24, 2.45) is 0 Å². The van der Waals surface area contributed by atoms with Gasteiger partial charge in [0.1, 0.15) is 10.9 Å². The van der Waals surface area contributed by atoms with Crippen LogP contribution in [-0.4, -0.2) is 15.9 Å². The highest BCUT2D eigenvalue weighted by Gasteiger charge is 2.30. The molecule has 2 heterocycles. The fraction of sp³-hybridized carbons (Fsp3) is 0.0667. The Bertz CT molecular complexity index is 921. The first-order chi connectivity index (χ1) is 10.8. The third-order valence-electron chi connectivity index (χ3n) is 3.12. The van der Waals surface area contributed by atoms with Crippen molar-refractivity contribution < 1.29 is 17.9 Å². The average molecular weight is 341 g/mol. The SMILES string of the molecule is O=c1c2c(Cl)nccc2ccn1-c1ccc(OC(F)(F)F)cc1. The monoisotopic (exact) mass is 340 g/mol. The molecular formula is C15H8ClF3N2O2. The van der Waals surface area contributed by atoms with Crippen LogP contribution in [0.15, 0.2) is 53.6 Å². The fourth-order valence-corrected chi connectivity index (χ4v) is 2.40. The Balaban J connectivity index is 2.06. The van der Waals surface area contributed by atoms with Crippen molar-refractivity contribution in [2.75, 3.05) is 0 Å². The Morgan fingerprint density at radius 1 is 1.09 bits per heavy atom. The van der Waals surface area contributed by atoms with Crippen LogP contribution in [0.5, 0.6) is 5.75 Å². The molecule has 0 unspecified atom stereocenters. The van der Waals surface area contributed by atoms with Gasteiger partial charge in [0.2, 0.25) is 0 Å². The number of halogens is 4. The van der Waals surface area contributed by atoms with Gasteiger partial charge in [0.15, 0.2) is 0 Å². The van der Waals surface area contributed by atoms with Gasteiger partial charge in [-0.15, -0.1) is 13.2 Å². The van der Waals surface area contributed by atoms with Gasteiger partial charge < -0.3 is 4.74 Å². The first-order valence-electron chi connectivity index (χ1n) is 6.37. The standard InChI is InChI=1S/C15H8ClF3N2O2/c16-13-12-9(5-7-20-13)6-8-21(14(12)22)10-1-3-11(4-2-10)23-15(17,18)19/h1-8H. The Morgan fingerprint density at radius 2 is 1.78 bits per heavy atom. The van der Waals surface area contributed by atoms with E-state index in [1.54, 1.807) is 12.1 Å². The molecule has 0 N–H and O–H groups in total. The van der Waals surface area contributed by atoms with E-state index >= 15 is 0 Å². The number of aromatic nitrogens is 2. The molecular weight excluding hydrogens is 333 g/mol. The average Bonchev–Trinajstić information content (AvgIpc) is 2.47. The Labute approximate surface area is 132 Å². The Kier molecular flexibility index (Phi) is 3.73. The maximum Gasteiger partial charge on any atom is 0.573 e. The second-order valence-corrected chi connectivity index (χ2v) is 4.96. The molecule has 0 amide bonds. The predicted octanol–water partition coefficient (Wildman–Crippen LogP) is 3.94. The number of ether oxygens (including phenoxy) is 1. The Morgan fingerprint density at radius 3 is 2.43 bits per heavy atom. The molecule has 3 aromatic rings. The summed E-state index contributed by atoms with van der Waals surface area (Å²) in [6, 6.07) is 8.27. The molecule has 0 saturated carbocycles. The van der Waals surface area contributed by atoms with E-state index in [1.807, 2.05) is 0 Å². The summed E-state index contributed by atoms with van der Waals surface area (Å²) in [4.78, 5) is 16.4. The second-order valence-electron chi connectivity index (χ2n) is 4.60. The number of hydrogen-bond acceptors (Lipinski definition) is 3. The van der Waals surface area contributed by atoms with Crippen molar-refractivity contribution in [1.29, 1.82) is 0 Å². The number of alkyl halides is 3. The summed E-state index contributed by atoms with van der Waals surface area (Å²) in [5.74, 6) is -0.366. The van der Waals surface area contributed by atoms with Crippen LogP contribution in [0.4, 0.5) is 13.2 Å². The first-order valence-corrected chi connectivity index (χ1v) is 6.75. The second kappa shape index (κ2) is 5.58. The summed E-state index contributed by atoms with van der Waals surface area (Å²) in [7, 11) is 0. The maximum atomic E-state index is 12.5. The van der Waals surface area contributed by atoms with Gasteiger partial charge in [0, 0.05) is 18.1 Å². The predicted molar refractivity (Wildman–Crippen MR) is 79.0 cm³/mol. The highest BCUT2D eigenvalue weighted by molar-refractivity contribution is 6.34. The topological polar surface area (TPSA) is 44.1 Å². The molecule has 0 fully saturated rings. The molecule has 23 heavy (non-hydrogen) atoms. The summed E-state index contributed by atoms with van der Waals surface area (Å²) in [5.41, 5.74) is -0.0311. The minimum absolute atomic E-state index is 0.0684. The maximum absolute atomic E-state index is 12.5. The van der Waals surface area contributed by atoms with Gasteiger partial charge in [-0.2, -0.15) is 0 Å². The molecule has 0 aliphatic rings. The van der Waals surface area contributed by atoms with Crippen LogP contribution >= 0.6 is 11.6 Å². The van der Waals surface area contributed by atoms with Crippen molar-refractivity contribution in [3.8, 4) is 11.4 Å². The largest absolute Gasteiger partial charge is 0.573 e. The van der Waals surface area contributed by atoms with Gasteiger partial charge in [-0.3, -0.25) is 9.36 Å². The lowest BCUT2D eigenvalue weighted by molar-refractivity contribution is -0.274. The van der Waals surface area contributed by atoms with Gasteiger partial charge in [-0.25, -0.2) is 4.98 Å². The lowest BCUT2D eigenvalue weighted by Crippen LogP contribution is -2.19. The first kappa shape index (κ1) is 15.4. The van der Waals surface area contributed by atoms with Crippen molar-refractivity contribution in [1.82, 2.24) is 9.55 Å². The zero-order valence-corrected chi connectivity index (χ0v) is 12.1. The quantitative estimate of drug-likeness (QED) is 0.664. The molecule has 0 atom stereocenters. The zero-order valence-electron chi connectivity index (χ0n) is 11.3. The van der Waals surface area contributed by atoms with E-state index in [9.17, 15) is 18.0 Å². The molecule has 8 heteroatoms. The number of benzene rings is 1. The summed E-state index contributed by atoms with van der Waals surface area (Å²) in [5, 5.41) is 0.939. The van der Waals surface area contributed by atoms with E-state index < -0.39 is 11.9 Å². The van der Waals surface area contributed by atoms with E-state index in [1.165, 1.54) is 29.1 Å². The van der Waals surface area contributed by atoms with Crippen LogP contribution in [0.3, 0.4) is 0 Å². The van der Waals surface area contributed by atoms with Crippen LogP contribution in [0.1, 0.15) is 0 Å². The zero-order chi connectivity index (χ0) is 16.6. The molecule has 4 nitrogen and oxygen atoms in total. The summed E-state index contributed by atoms with van der Waals surface area (Å²) >= 11 is 5.95. The number of rotatable bonds is 2. The van der Waals surface area contributed by atoms with Crippen molar-refractivity contribution >= 4 is 22.4 Å². The van der Waals surface area contributed by atoms with E-state index in [0.717, 1.165) is 12.1 Å². The molecule has 118 valence electrons. The third kappa shape index (κ3) is 3.14. The number of nitrogens with zero attached hydrogens (tertiary/aromatic N) is 2.